The van der Waals surface area contributed by atoms with Crippen LogP contribution in [-0.4, -0.2) is 21.8 Å². The van der Waals surface area contributed by atoms with Crippen LogP contribution in [0.1, 0.15) is 6.92 Å². The number of hydrogen-bond donors (Lipinski definition) is 2. The molecule has 2 rings (SSSR count). The first-order valence-corrected chi connectivity index (χ1v) is 5.69. The van der Waals surface area contributed by atoms with Crippen molar-refractivity contribution in [1.82, 2.24) is 9.97 Å². The van der Waals surface area contributed by atoms with Crippen molar-refractivity contribution in [3.05, 3.63) is 23.8 Å². The van der Waals surface area contributed by atoms with Gasteiger partial charge < -0.3 is 10.7 Å². The summed E-state index contributed by atoms with van der Waals surface area (Å²) in [4.78, 5) is 7.07. The Morgan fingerprint density at radius 1 is 1.44 bits per heavy atom. The lowest BCUT2D eigenvalue weighted by atomic mass is 10.3. The fraction of sp³-hybridized carbons (Fsp3) is 0.300. The van der Waals surface area contributed by atoms with Gasteiger partial charge in [0, 0.05) is 23.9 Å². The van der Waals surface area contributed by atoms with Crippen LogP contribution in [0.5, 0.6) is 0 Å². The zero-order chi connectivity index (χ0) is 11.7. The van der Waals surface area contributed by atoms with Crippen molar-refractivity contribution in [2.45, 2.75) is 17.3 Å². The van der Waals surface area contributed by atoms with Gasteiger partial charge >= 0.3 is 0 Å². The first-order chi connectivity index (χ1) is 7.60. The van der Waals surface area contributed by atoms with Crippen molar-refractivity contribution in [3.8, 4) is 0 Å². The third kappa shape index (κ3) is 2.17. The maximum Gasteiger partial charge on any atom is 0.166 e. The molecule has 0 aliphatic rings. The number of imidazole rings is 1. The summed E-state index contributed by atoms with van der Waals surface area (Å²) in [5.41, 5.74) is 6.39. The van der Waals surface area contributed by atoms with Crippen LogP contribution in [-0.2, 0) is 0 Å². The van der Waals surface area contributed by atoms with Crippen molar-refractivity contribution in [3.63, 3.8) is 0 Å². The number of aromatic nitrogens is 2. The summed E-state index contributed by atoms with van der Waals surface area (Å²) < 4.78 is 25.9. The Morgan fingerprint density at radius 2 is 2.12 bits per heavy atom. The average molecular weight is 243 g/mol. The maximum absolute atomic E-state index is 12.9. The average Bonchev–Trinajstić information content (AvgIpc) is 2.60. The second-order valence-corrected chi connectivity index (χ2v) is 4.92. The van der Waals surface area contributed by atoms with Gasteiger partial charge in [-0.2, -0.15) is 0 Å². The van der Waals surface area contributed by atoms with Crippen LogP contribution >= 0.6 is 11.8 Å². The summed E-state index contributed by atoms with van der Waals surface area (Å²) >= 11 is 1.44. The molecule has 0 fully saturated rings. The number of halogens is 2. The molecule has 3 nitrogen and oxygen atoms in total. The van der Waals surface area contributed by atoms with E-state index in [2.05, 4.69) is 9.97 Å². The summed E-state index contributed by atoms with van der Waals surface area (Å²) in [7, 11) is 0. The maximum atomic E-state index is 12.9. The monoisotopic (exact) mass is 243 g/mol. The number of H-pyrrole nitrogens is 1. The Morgan fingerprint density at radius 3 is 2.81 bits per heavy atom. The lowest BCUT2D eigenvalue weighted by Gasteiger charge is -2.03. The second-order valence-electron chi connectivity index (χ2n) is 3.49. The van der Waals surface area contributed by atoms with Gasteiger partial charge in [0.15, 0.2) is 16.8 Å². The second kappa shape index (κ2) is 4.39. The van der Waals surface area contributed by atoms with E-state index in [9.17, 15) is 8.78 Å². The Bertz CT molecular complexity index is 473. The summed E-state index contributed by atoms with van der Waals surface area (Å²) in [6, 6.07) is 2.19. The van der Waals surface area contributed by atoms with Gasteiger partial charge in [-0.3, -0.25) is 0 Å². The number of hydrogen-bond acceptors (Lipinski definition) is 3. The molecule has 2 aromatic rings. The number of fused-ring (bicyclic) bond motifs is 1. The Kier molecular flexibility index (Phi) is 3.11. The van der Waals surface area contributed by atoms with Gasteiger partial charge in [-0.05, 0) is 0 Å². The predicted molar refractivity (Wildman–Crippen MR) is 60.4 cm³/mol. The van der Waals surface area contributed by atoms with Gasteiger partial charge in [0.05, 0.1) is 11.0 Å². The van der Waals surface area contributed by atoms with Crippen molar-refractivity contribution < 1.29 is 8.78 Å². The highest BCUT2D eigenvalue weighted by Crippen LogP contribution is 2.24. The minimum absolute atomic E-state index is 0.204. The Labute approximate surface area is 95.4 Å². The molecule has 86 valence electrons. The zero-order valence-electron chi connectivity index (χ0n) is 8.63. The van der Waals surface area contributed by atoms with E-state index in [1.165, 1.54) is 11.8 Å². The zero-order valence-corrected chi connectivity index (χ0v) is 9.44. The van der Waals surface area contributed by atoms with E-state index in [4.69, 9.17) is 5.73 Å². The number of aromatic amines is 1. The van der Waals surface area contributed by atoms with Crippen LogP contribution in [0.15, 0.2) is 17.3 Å². The minimum Gasteiger partial charge on any atom is -0.333 e. The summed E-state index contributed by atoms with van der Waals surface area (Å²) in [6.45, 7) is 2.48. The normalized spacial score (nSPS) is 13.2. The Balaban J connectivity index is 2.36. The molecule has 0 aliphatic heterocycles. The molecule has 0 aliphatic carbocycles. The topological polar surface area (TPSA) is 54.7 Å². The first-order valence-electron chi connectivity index (χ1n) is 4.81. The van der Waals surface area contributed by atoms with Gasteiger partial charge in [0.2, 0.25) is 0 Å². The molecule has 0 radical (unpaired) electrons. The van der Waals surface area contributed by atoms with Gasteiger partial charge in [0.25, 0.3) is 0 Å². The van der Waals surface area contributed by atoms with Gasteiger partial charge in [-0.25, -0.2) is 13.8 Å². The molecule has 16 heavy (non-hydrogen) atoms. The number of thioether (sulfide) groups is 1. The molecule has 1 atom stereocenters. The van der Waals surface area contributed by atoms with E-state index in [0.717, 1.165) is 12.1 Å². The molecule has 0 saturated heterocycles. The van der Waals surface area contributed by atoms with Gasteiger partial charge in [-0.15, -0.1) is 0 Å². The highest BCUT2D eigenvalue weighted by atomic mass is 32.2. The first kappa shape index (κ1) is 11.3. The van der Waals surface area contributed by atoms with Crippen LogP contribution in [0.3, 0.4) is 0 Å². The molecular weight excluding hydrogens is 232 g/mol. The summed E-state index contributed by atoms with van der Waals surface area (Å²) in [5, 5.41) is 0.827. The standard InChI is InChI=1S/C10H11F2N3S/c1-5(4-13)16-10-14-8-2-6(11)7(12)3-9(8)15-10/h2-3,5H,4,13H2,1H3,(H,14,15). The van der Waals surface area contributed by atoms with Crippen LogP contribution in [0.4, 0.5) is 8.78 Å². The molecule has 6 heteroatoms. The van der Waals surface area contributed by atoms with Crippen LogP contribution in [0.25, 0.3) is 11.0 Å². The van der Waals surface area contributed by atoms with Crippen molar-refractivity contribution in [1.29, 1.82) is 0 Å². The highest BCUT2D eigenvalue weighted by molar-refractivity contribution is 7.99. The van der Waals surface area contributed by atoms with E-state index < -0.39 is 11.6 Å². The molecule has 1 heterocycles. The third-order valence-electron chi connectivity index (χ3n) is 2.15. The van der Waals surface area contributed by atoms with E-state index >= 15 is 0 Å². The number of benzene rings is 1. The van der Waals surface area contributed by atoms with Gasteiger partial charge in [-0.1, -0.05) is 18.7 Å². The molecule has 0 spiro atoms. The molecule has 1 aromatic heterocycles. The highest BCUT2D eigenvalue weighted by Gasteiger charge is 2.10. The van der Waals surface area contributed by atoms with Crippen molar-refractivity contribution >= 4 is 22.8 Å². The summed E-state index contributed by atoms with van der Waals surface area (Å²) in [5.74, 6) is -1.76. The molecule has 3 N–H and O–H groups in total. The van der Waals surface area contributed by atoms with Crippen LogP contribution in [0.2, 0.25) is 0 Å². The molecule has 1 aromatic carbocycles. The molecule has 0 bridgehead atoms. The van der Waals surface area contributed by atoms with Crippen molar-refractivity contribution in [2.75, 3.05) is 6.54 Å². The lowest BCUT2D eigenvalue weighted by Crippen LogP contribution is -2.12. The van der Waals surface area contributed by atoms with E-state index in [0.29, 0.717) is 22.7 Å². The van der Waals surface area contributed by atoms with E-state index in [-0.39, 0.29) is 5.25 Å². The fourth-order valence-electron chi connectivity index (χ4n) is 1.28. The number of nitrogens with zero attached hydrogens (tertiary/aromatic N) is 1. The van der Waals surface area contributed by atoms with Crippen LogP contribution < -0.4 is 5.73 Å². The summed E-state index contributed by atoms with van der Waals surface area (Å²) in [6.07, 6.45) is 0. The lowest BCUT2D eigenvalue weighted by molar-refractivity contribution is 0.510. The minimum atomic E-state index is -0.887. The quantitative estimate of drug-likeness (QED) is 0.813. The number of nitrogens with one attached hydrogen (secondary N) is 1. The smallest absolute Gasteiger partial charge is 0.166 e. The SMILES string of the molecule is CC(CN)Sc1nc2cc(F)c(F)cc2[nH]1. The van der Waals surface area contributed by atoms with Crippen molar-refractivity contribution in [2.24, 2.45) is 5.73 Å². The van der Waals surface area contributed by atoms with E-state index in [1.807, 2.05) is 6.92 Å². The predicted octanol–water partition coefficient (Wildman–Crippen LogP) is 2.28. The molecule has 0 saturated carbocycles. The number of nitrogens with two attached hydrogens (primary N) is 1. The van der Waals surface area contributed by atoms with Gasteiger partial charge in [0.1, 0.15) is 0 Å². The molecule has 0 amide bonds. The fourth-order valence-corrected chi connectivity index (χ4v) is 2.07. The Hall–Kier alpha value is -1.14. The largest absolute Gasteiger partial charge is 0.333 e. The molecular formula is C10H11F2N3S. The van der Waals surface area contributed by atoms with E-state index in [1.54, 1.807) is 0 Å². The van der Waals surface area contributed by atoms with Crippen LogP contribution in [0, 0.1) is 11.6 Å². The number of rotatable bonds is 3. The molecule has 1 unspecified atom stereocenters. The third-order valence-corrected chi connectivity index (χ3v) is 3.16.